The molecule has 1 atom stereocenters. The Balaban J connectivity index is 1.26. The van der Waals surface area contributed by atoms with Gasteiger partial charge in [-0.25, -0.2) is 14.9 Å². The summed E-state index contributed by atoms with van der Waals surface area (Å²) in [6.07, 6.45) is 0.837. The SMILES string of the molecule is CN1C(=O)NC(=O)C12Cc1cc3ccc(C(=O)NCc4n[nH]c(=O)c5ccccc45)nc3cc1C2. The van der Waals surface area contributed by atoms with Crippen LogP contribution in [0.3, 0.4) is 0 Å². The number of imide groups is 1. The van der Waals surface area contributed by atoms with Crippen LogP contribution in [0, 0.1) is 0 Å². The van der Waals surface area contributed by atoms with Gasteiger partial charge in [-0.3, -0.25) is 19.7 Å². The van der Waals surface area contributed by atoms with Gasteiger partial charge in [0.15, 0.2) is 0 Å². The van der Waals surface area contributed by atoms with Gasteiger partial charge in [-0.1, -0.05) is 24.3 Å². The molecule has 35 heavy (non-hydrogen) atoms. The summed E-state index contributed by atoms with van der Waals surface area (Å²) in [7, 11) is 1.63. The van der Waals surface area contributed by atoms with Crippen molar-refractivity contribution in [1.82, 2.24) is 30.7 Å². The average Bonchev–Trinajstić information content (AvgIpc) is 3.34. The number of aromatic amines is 1. The third-order valence-corrected chi connectivity index (χ3v) is 6.99. The van der Waals surface area contributed by atoms with Gasteiger partial charge in [0.1, 0.15) is 11.2 Å². The van der Waals surface area contributed by atoms with Crippen LogP contribution in [0.2, 0.25) is 0 Å². The molecule has 10 heteroatoms. The number of pyridine rings is 1. The highest BCUT2D eigenvalue weighted by molar-refractivity contribution is 6.08. The van der Waals surface area contributed by atoms with Crippen molar-refractivity contribution in [3.8, 4) is 0 Å². The fourth-order valence-corrected chi connectivity index (χ4v) is 5.01. The Morgan fingerprint density at radius 1 is 1.06 bits per heavy atom. The van der Waals surface area contributed by atoms with Crippen LogP contribution in [0.5, 0.6) is 0 Å². The number of aromatic nitrogens is 3. The number of fused-ring (bicyclic) bond motifs is 3. The highest BCUT2D eigenvalue weighted by atomic mass is 16.2. The Bertz CT molecular complexity index is 1640. The maximum Gasteiger partial charge on any atom is 0.324 e. The first-order chi connectivity index (χ1) is 16.9. The lowest BCUT2D eigenvalue weighted by atomic mass is 9.95. The predicted octanol–water partition coefficient (Wildman–Crippen LogP) is 1.42. The second-order valence-electron chi connectivity index (χ2n) is 8.94. The van der Waals surface area contributed by atoms with Gasteiger partial charge in [0.05, 0.1) is 23.1 Å². The quantitative estimate of drug-likeness (QED) is 0.389. The van der Waals surface area contributed by atoms with Crippen LogP contribution in [-0.2, 0) is 24.2 Å². The summed E-state index contributed by atoms with van der Waals surface area (Å²) < 4.78 is 0. The third kappa shape index (κ3) is 3.17. The van der Waals surface area contributed by atoms with E-state index in [1.807, 2.05) is 24.3 Å². The Morgan fingerprint density at radius 2 is 1.80 bits per heavy atom. The molecule has 10 nitrogen and oxygen atoms in total. The van der Waals surface area contributed by atoms with Crippen molar-refractivity contribution >= 4 is 39.5 Å². The van der Waals surface area contributed by atoms with Crippen LogP contribution in [0.4, 0.5) is 4.79 Å². The highest BCUT2D eigenvalue weighted by Crippen LogP contribution is 2.38. The summed E-state index contributed by atoms with van der Waals surface area (Å²) in [5.41, 5.74) is 2.15. The van der Waals surface area contributed by atoms with Crippen molar-refractivity contribution in [3.63, 3.8) is 0 Å². The molecule has 1 fully saturated rings. The summed E-state index contributed by atoms with van der Waals surface area (Å²) in [6, 6.07) is 14.0. The van der Waals surface area contributed by atoms with Gasteiger partial charge in [0.2, 0.25) is 0 Å². The number of hydrogen-bond acceptors (Lipinski definition) is 6. The molecule has 1 spiro atoms. The number of amides is 4. The largest absolute Gasteiger partial charge is 0.345 e. The molecule has 2 aliphatic rings. The zero-order chi connectivity index (χ0) is 24.3. The number of likely N-dealkylation sites (N-methyl/N-ethyl adjacent to an activating group) is 1. The summed E-state index contributed by atoms with van der Waals surface area (Å²) in [5, 5.41) is 13.8. The standard InChI is InChI=1S/C25H20N6O4/c1-31-24(35)28-23(34)25(31)10-14-8-13-6-7-18(27-19(13)9-15(14)11-25)22(33)26-12-20-16-4-2-3-5-17(16)21(32)30-29-20/h2-9H,10-12H2,1H3,(H,26,33)(H,30,32)(H,28,34,35). The second-order valence-corrected chi connectivity index (χ2v) is 8.94. The second kappa shape index (κ2) is 7.45. The van der Waals surface area contributed by atoms with Crippen LogP contribution < -0.4 is 16.2 Å². The minimum atomic E-state index is -0.913. The van der Waals surface area contributed by atoms with E-state index in [0.717, 1.165) is 16.5 Å². The van der Waals surface area contributed by atoms with Crippen LogP contribution in [0.1, 0.15) is 27.3 Å². The lowest BCUT2D eigenvalue weighted by molar-refractivity contribution is -0.125. The van der Waals surface area contributed by atoms with Crippen molar-refractivity contribution < 1.29 is 14.4 Å². The van der Waals surface area contributed by atoms with Crippen LogP contribution in [0.25, 0.3) is 21.7 Å². The first-order valence-electron chi connectivity index (χ1n) is 11.1. The van der Waals surface area contributed by atoms with Gasteiger partial charge in [-0.2, -0.15) is 5.10 Å². The number of urea groups is 1. The zero-order valence-electron chi connectivity index (χ0n) is 18.7. The van der Waals surface area contributed by atoms with E-state index in [-0.39, 0.29) is 29.6 Å². The van der Waals surface area contributed by atoms with E-state index in [2.05, 4.69) is 25.8 Å². The highest BCUT2D eigenvalue weighted by Gasteiger charge is 2.54. The van der Waals surface area contributed by atoms with Crippen LogP contribution in [-0.4, -0.2) is 50.5 Å². The average molecular weight is 468 g/mol. The fourth-order valence-electron chi connectivity index (χ4n) is 5.01. The van der Waals surface area contributed by atoms with Gasteiger partial charge in [-0.15, -0.1) is 0 Å². The molecule has 1 saturated heterocycles. The molecule has 1 aliphatic carbocycles. The van der Waals surface area contributed by atoms with Crippen LogP contribution >= 0.6 is 0 Å². The van der Waals surface area contributed by atoms with Gasteiger partial charge in [-0.05, 0) is 35.4 Å². The molecule has 4 amide bonds. The molecule has 3 heterocycles. The van der Waals surface area contributed by atoms with Gasteiger partial charge < -0.3 is 10.2 Å². The topological polar surface area (TPSA) is 137 Å². The van der Waals surface area contributed by atoms with E-state index in [4.69, 9.17) is 0 Å². The number of nitrogens with one attached hydrogen (secondary N) is 3. The molecule has 0 bridgehead atoms. The number of rotatable bonds is 3. The summed E-state index contributed by atoms with van der Waals surface area (Å²) in [6.45, 7) is 0.123. The van der Waals surface area contributed by atoms with E-state index in [9.17, 15) is 19.2 Å². The Hall–Kier alpha value is -4.60. The minimum absolute atomic E-state index is 0.123. The Labute approximate surface area is 198 Å². The lowest BCUT2D eigenvalue weighted by Gasteiger charge is -2.27. The third-order valence-electron chi connectivity index (χ3n) is 6.99. The molecule has 4 aromatic rings. The molecule has 174 valence electrons. The molecule has 0 radical (unpaired) electrons. The van der Waals surface area contributed by atoms with E-state index < -0.39 is 11.6 Å². The van der Waals surface area contributed by atoms with E-state index in [0.29, 0.717) is 34.8 Å². The lowest BCUT2D eigenvalue weighted by Crippen LogP contribution is -2.48. The Morgan fingerprint density at radius 3 is 2.54 bits per heavy atom. The minimum Gasteiger partial charge on any atom is -0.345 e. The normalized spacial score (nSPS) is 18.9. The first-order valence-corrected chi connectivity index (χ1v) is 11.1. The number of nitrogens with zero attached hydrogens (tertiary/aromatic N) is 3. The number of benzene rings is 2. The van der Waals surface area contributed by atoms with Crippen LogP contribution in [0.15, 0.2) is 53.3 Å². The molecule has 1 aliphatic heterocycles. The maximum atomic E-state index is 12.9. The van der Waals surface area contributed by atoms with E-state index in [1.165, 1.54) is 4.90 Å². The smallest absolute Gasteiger partial charge is 0.324 e. The predicted molar refractivity (Wildman–Crippen MR) is 127 cm³/mol. The van der Waals surface area contributed by atoms with E-state index in [1.54, 1.807) is 31.3 Å². The molecule has 6 rings (SSSR count). The molecule has 3 N–H and O–H groups in total. The number of carbonyl (C=O) groups excluding carboxylic acids is 3. The van der Waals surface area contributed by atoms with Gasteiger partial charge >= 0.3 is 6.03 Å². The molecule has 0 saturated carbocycles. The first kappa shape index (κ1) is 21.0. The van der Waals surface area contributed by atoms with Crippen molar-refractivity contribution in [2.75, 3.05) is 7.05 Å². The molecule has 2 aromatic carbocycles. The number of carbonyl (C=O) groups is 3. The monoisotopic (exact) mass is 468 g/mol. The number of hydrogen-bond donors (Lipinski definition) is 3. The Kier molecular flexibility index (Phi) is 4.47. The van der Waals surface area contributed by atoms with Crippen molar-refractivity contribution in [3.05, 3.63) is 81.4 Å². The van der Waals surface area contributed by atoms with Crippen molar-refractivity contribution in [2.45, 2.75) is 24.9 Å². The summed E-state index contributed by atoms with van der Waals surface area (Å²) >= 11 is 0. The zero-order valence-corrected chi connectivity index (χ0v) is 18.7. The maximum absolute atomic E-state index is 12.9. The molecule has 1 unspecified atom stereocenters. The molecule has 2 aromatic heterocycles. The van der Waals surface area contributed by atoms with Crippen molar-refractivity contribution in [1.29, 1.82) is 0 Å². The van der Waals surface area contributed by atoms with E-state index >= 15 is 0 Å². The number of H-pyrrole nitrogens is 1. The molecular formula is C25H20N6O4. The van der Waals surface area contributed by atoms with Crippen molar-refractivity contribution in [2.24, 2.45) is 0 Å². The van der Waals surface area contributed by atoms with Gasteiger partial charge in [0, 0.05) is 30.7 Å². The molecular weight excluding hydrogens is 448 g/mol. The fraction of sp³-hybridized carbons (Fsp3) is 0.200. The summed E-state index contributed by atoms with van der Waals surface area (Å²) in [4.78, 5) is 55.4. The van der Waals surface area contributed by atoms with Gasteiger partial charge in [0.25, 0.3) is 17.4 Å². The summed E-state index contributed by atoms with van der Waals surface area (Å²) in [5.74, 6) is -0.664.